The maximum absolute atomic E-state index is 13.3. The molecule has 0 bridgehead atoms. The number of benzene rings is 1. The van der Waals surface area contributed by atoms with Crippen LogP contribution in [0, 0.1) is 12.7 Å². The Balaban J connectivity index is 2.50. The van der Waals surface area contributed by atoms with Crippen LogP contribution in [-0.4, -0.2) is 19.9 Å². The molecule has 106 valence electrons. The SMILES string of the molecule is Cc1cc(S(=O)(=O)[C@H](CN)c2cccnc2)ccc1F. The highest BCUT2D eigenvalue weighted by molar-refractivity contribution is 7.91. The van der Waals surface area contributed by atoms with Gasteiger partial charge in [0.25, 0.3) is 0 Å². The highest BCUT2D eigenvalue weighted by Gasteiger charge is 2.28. The molecule has 2 aromatic rings. The maximum Gasteiger partial charge on any atom is 0.186 e. The number of nitrogens with zero attached hydrogens (tertiary/aromatic N) is 1. The minimum atomic E-state index is -3.68. The summed E-state index contributed by atoms with van der Waals surface area (Å²) < 4.78 is 38.5. The Labute approximate surface area is 117 Å². The highest BCUT2D eigenvalue weighted by Crippen LogP contribution is 2.28. The lowest BCUT2D eigenvalue weighted by molar-refractivity contribution is 0.580. The van der Waals surface area contributed by atoms with Crippen molar-refractivity contribution in [2.75, 3.05) is 6.54 Å². The third kappa shape index (κ3) is 2.71. The lowest BCUT2D eigenvalue weighted by Gasteiger charge is -2.16. The van der Waals surface area contributed by atoms with Crippen LogP contribution in [0.3, 0.4) is 0 Å². The molecule has 0 saturated carbocycles. The van der Waals surface area contributed by atoms with Crippen molar-refractivity contribution >= 4 is 9.84 Å². The summed E-state index contributed by atoms with van der Waals surface area (Å²) in [5.74, 6) is -0.436. The zero-order valence-corrected chi connectivity index (χ0v) is 11.8. The number of hydrogen-bond acceptors (Lipinski definition) is 4. The summed E-state index contributed by atoms with van der Waals surface area (Å²) in [6.45, 7) is 1.46. The summed E-state index contributed by atoms with van der Waals surface area (Å²) in [4.78, 5) is 3.98. The summed E-state index contributed by atoms with van der Waals surface area (Å²) in [5.41, 5.74) is 6.43. The van der Waals surface area contributed by atoms with Crippen LogP contribution in [-0.2, 0) is 9.84 Å². The van der Waals surface area contributed by atoms with Gasteiger partial charge in [-0.3, -0.25) is 4.98 Å². The fourth-order valence-corrected chi connectivity index (χ4v) is 3.65. The number of pyridine rings is 1. The van der Waals surface area contributed by atoms with Gasteiger partial charge in [-0.05, 0) is 42.3 Å². The summed E-state index contributed by atoms with van der Waals surface area (Å²) in [5, 5.41) is -0.888. The average molecular weight is 294 g/mol. The Morgan fingerprint density at radius 2 is 2.10 bits per heavy atom. The maximum atomic E-state index is 13.3. The molecule has 0 radical (unpaired) electrons. The van der Waals surface area contributed by atoms with Gasteiger partial charge < -0.3 is 5.73 Å². The van der Waals surface area contributed by atoms with Crippen molar-refractivity contribution in [2.24, 2.45) is 5.73 Å². The van der Waals surface area contributed by atoms with Crippen LogP contribution in [0.5, 0.6) is 0 Å². The molecule has 2 rings (SSSR count). The predicted molar refractivity (Wildman–Crippen MR) is 74.4 cm³/mol. The Kier molecular flexibility index (Phi) is 4.15. The van der Waals surface area contributed by atoms with Crippen molar-refractivity contribution < 1.29 is 12.8 Å². The van der Waals surface area contributed by atoms with Crippen LogP contribution in [0.4, 0.5) is 4.39 Å². The van der Waals surface area contributed by atoms with Crippen molar-refractivity contribution in [3.63, 3.8) is 0 Å². The van der Waals surface area contributed by atoms with E-state index in [1.54, 1.807) is 18.3 Å². The Morgan fingerprint density at radius 3 is 2.65 bits per heavy atom. The van der Waals surface area contributed by atoms with Crippen LogP contribution < -0.4 is 5.73 Å². The standard InChI is InChI=1S/C14H15FN2O2S/c1-10-7-12(4-5-13(10)15)20(18,19)14(8-16)11-3-2-6-17-9-11/h2-7,9,14H,8,16H2,1H3/t14-/m1/s1. The molecule has 0 saturated heterocycles. The highest BCUT2D eigenvalue weighted by atomic mass is 32.2. The van der Waals surface area contributed by atoms with Gasteiger partial charge in [-0.2, -0.15) is 0 Å². The molecule has 0 aliphatic heterocycles. The molecule has 1 atom stereocenters. The van der Waals surface area contributed by atoms with Crippen molar-refractivity contribution in [3.8, 4) is 0 Å². The van der Waals surface area contributed by atoms with Crippen LogP contribution in [0.15, 0.2) is 47.6 Å². The van der Waals surface area contributed by atoms with Gasteiger partial charge >= 0.3 is 0 Å². The van der Waals surface area contributed by atoms with Crippen molar-refractivity contribution in [2.45, 2.75) is 17.1 Å². The van der Waals surface area contributed by atoms with Crippen LogP contribution >= 0.6 is 0 Å². The third-order valence-corrected chi connectivity index (χ3v) is 5.23. The van der Waals surface area contributed by atoms with E-state index in [9.17, 15) is 12.8 Å². The lowest BCUT2D eigenvalue weighted by atomic mass is 10.2. The summed E-state index contributed by atoms with van der Waals surface area (Å²) in [6.07, 6.45) is 3.04. The fraction of sp³-hybridized carbons (Fsp3) is 0.214. The topological polar surface area (TPSA) is 73.0 Å². The monoisotopic (exact) mass is 294 g/mol. The van der Waals surface area contributed by atoms with Crippen molar-refractivity contribution in [3.05, 3.63) is 59.7 Å². The molecular weight excluding hydrogens is 279 g/mol. The first-order chi connectivity index (χ1) is 9.46. The van der Waals surface area contributed by atoms with Crippen LogP contribution in [0.1, 0.15) is 16.4 Å². The van der Waals surface area contributed by atoms with Gasteiger partial charge in [-0.25, -0.2) is 12.8 Å². The third-order valence-electron chi connectivity index (χ3n) is 3.10. The molecule has 0 unspecified atom stereocenters. The summed E-state index contributed by atoms with van der Waals surface area (Å²) >= 11 is 0. The van der Waals surface area contributed by atoms with E-state index in [4.69, 9.17) is 5.73 Å². The van der Waals surface area contributed by atoms with E-state index in [-0.39, 0.29) is 17.0 Å². The number of aromatic nitrogens is 1. The van der Waals surface area contributed by atoms with Gasteiger partial charge in [0.1, 0.15) is 11.1 Å². The molecule has 0 spiro atoms. The molecule has 2 N–H and O–H groups in total. The van der Waals surface area contributed by atoms with Gasteiger partial charge in [0.15, 0.2) is 9.84 Å². The zero-order chi connectivity index (χ0) is 14.8. The molecule has 4 nitrogen and oxygen atoms in total. The van der Waals surface area contributed by atoms with E-state index in [0.717, 1.165) is 6.07 Å². The fourth-order valence-electron chi connectivity index (χ4n) is 1.97. The number of hydrogen-bond donors (Lipinski definition) is 1. The molecule has 0 aliphatic rings. The van der Waals surface area contributed by atoms with Crippen LogP contribution in [0.2, 0.25) is 0 Å². The first-order valence-corrected chi connectivity index (χ1v) is 7.61. The van der Waals surface area contributed by atoms with E-state index in [1.165, 1.54) is 25.3 Å². The second-order valence-electron chi connectivity index (χ2n) is 4.47. The van der Waals surface area contributed by atoms with Crippen LogP contribution in [0.25, 0.3) is 0 Å². The number of aryl methyl sites for hydroxylation is 1. The molecule has 0 fully saturated rings. The first kappa shape index (κ1) is 14.6. The molecular formula is C14H15FN2O2S. The normalized spacial score (nSPS) is 13.2. The molecule has 1 aromatic carbocycles. The van der Waals surface area contributed by atoms with E-state index < -0.39 is 20.9 Å². The second kappa shape index (κ2) is 5.68. The largest absolute Gasteiger partial charge is 0.329 e. The number of halogens is 1. The summed E-state index contributed by atoms with van der Waals surface area (Å²) in [6, 6.07) is 7.06. The Hall–Kier alpha value is -1.79. The van der Waals surface area contributed by atoms with Crippen molar-refractivity contribution in [1.29, 1.82) is 0 Å². The number of sulfone groups is 1. The van der Waals surface area contributed by atoms with Gasteiger partial charge in [0.2, 0.25) is 0 Å². The Bertz CT molecular complexity index is 702. The minimum Gasteiger partial charge on any atom is -0.329 e. The predicted octanol–water partition coefficient (Wildman–Crippen LogP) is 2.00. The van der Waals surface area contributed by atoms with E-state index >= 15 is 0 Å². The molecule has 1 heterocycles. The summed E-state index contributed by atoms with van der Waals surface area (Å²) in [7, 11) is -3.68. The average Bonchev–Trinajstić information content (AvgIpc) is 2.43. The van der Waals surface area contributed by atoms with E-state index in [2.05, 4.69) is 4.98 Å². The quantitative estimate of drug-likeness (QED) is 0.875. The minimum absolute atomic E-state index is 0.0650. The number of nitrogens with two attached hydrogens (primary N) is 1. The second-order valence-corrected chi connectivity index (χ2v) is 6.60. The van der Waals surface area contributed by atoms with E-state index in [0.29, 0.717) is 5.56 Å². The van der Waals surface area contributed by atoms with Gasteiger partial charge in [0, 0.05) is 18.9 Å². The van der Waals surface area contributed by atoms with E-state index in [1.807, 2.05) is 0 Å². The smallest absolute Gasteiger partial charge is 0.186 e. The van der Waals surface area contributed by atoms with Gasteiger partial charge in [-0.1, -0.05) is 6.07 Å². The molecule has 20 heavy (non-hydrogen) atoms. The van der Waals surface area contributed by atoms with Crippen molar-refractivity contribution in [1.82, 2.24) is 4.98 Å². The molecule has 0 amide bonds. The first-order valence-electron chi connectivity index (χ1n) is 6.07. The zero-order valence-electron chi connectivity index (χ0n) is 11.0. The number of rotatable bonds is 4. The lowest BCUT2D eigenvalue weighted by Crippen LogP contribution is -2.22. The Morgan fingerprint density at radius 1 is 1.35 bits per heavy atom. The molecule has 0 aliphatic carbocycles. The molecule has 6 heteroatoms. The van der Waals surface area contributed by atoms with Gasteiger partial charge in [0.05, 0.1) is 4.90 Å². The molecule has 1 aromatic heterocycles. The van der Waals surface area contributed by atoms with Gasteiger partial charge in [-0.15, -0.1) is 0 Å².